The number of ether oxygens (including phenoxy) is 1. The van der Waals surface area contributed by atoms with Gasteiger partial charge in [0.25, 0.3) is 0 Å². The third kappa shape index (κ3) is 1.17. The molecular formula is C12H15NO. The van der Waals surface area contributed by atoms with E-state index in [1.54, 1.807) is 0 Å². The number of benzene rings is 1. The van der Waals surface area contributed by atoms with E-state index in [1.165, 1.54) is 30.5 Å². The van der Waals surface area contributed by atoms with E-state index in [2.05, 4.69) is 30.4 Å². The zero-order valence-electron chi connectivity index (χ0n) is 8.42. The third-order valence-corrected chi connectivity index (χ3v) is 3.21. The van der Waals surface area contributed by atoms with Crippen molar-refractivity contribution in [3.63, 3.8) is 0 Å². The van der Waals surface area contributed by atoms with Gasteiger partial charge in [-0.2, -0.15) is 0 Å². The van der Waals surface area contributed by atoms with E-state index in [4.69, 9.17) is 4.74 Å². The first-order valence-corrected chi connectivity index (χ1v) is 5.37. The quantitative estimate of drug-likeness (QED) is 0.677. The van der Waals surface area contributed by atoms with Crippen molar-refractivity contribution in [1.29, 1.82) is 0 Å². The van der Waals surface area contributed by atoms with Gasteiger partial charge in [-0.05, 0) is 43.9 Å². The van der Waals surface area contributed by atoms with Crippen molar-refractivity contribution < 1.29 is 4.74 Å². The Bertz CT molecular complexity index is 361. The second kappa shape index (κ2) is 2.91. The lowest BCUT2D eigenvalue weighted by Gasteiger charge is -2.30. The van der Waals surface area contributed by atoms with Crippen LogP contribution in [-0.2, 0) is 0 Å². The second-order valence-electron chi connectivity index (χ2n) is 4.34. The van der Waals surface area contributed by atoms with Gasteiger partial charge in [-0.15, -0.1) is 0 Å². The summed E-state index contributed by atoms with van der Waals surface area (Å²) in [4.78, 5) is 0. The number of fused-ring (bicyclic) bond motifs is 2. The van der Waals surface area contributed by atoms with Crippen LogP contribution in [0.1, 0.15) is 24.8 Å². The topological polar surface area (TPSA) is 21.3 Å². The molecule has 2 heteroatoms. The van der Waals surface area contributed by atoms with Gasteiger partial charge in [-0.25, -0.2) is 0 Å². The Labute approximate surface area is 84.3 Å². The van der Waals surface area contributed by atoms with Crippen LogP contribution in [-0.4, -0.2) is 12.1 Å². The molecule has 0 radical (unpaired) electrons. The summed E-state index contributed by atoms with van der Waals surface area (Å²) < 4.78 is 5.97. The van der Waals surface area contributed by atoms with Crippen LogP contribution in [0.3, 0.4) is 0 Å². The molecule has 0 saturated heterocycles. The van der Waals surface area contributed by atoms with E-state index >= 15 is 0 Å². The van der Waals surface area contributed by atoms with Gasteiger partial charge in [-0.3, -0.25) is 0 Å². The van der Waals surface area contributed by atoms with E-state index in [1.807, 2.05) is 0 Å². The summed E-state index contributed by atoms with van der Waals surface area (Å²) in [7, 11) is 0. The molecule has 0 bridgehead atoms. The van der Waals surface area contributed by atoms with E-state index in [0.29, 0.717) is 12.1 Å². The van der Waals surface area contributed by atoms with E-state index in [9.17, 15) is 0 Å². The first-order valence-electron chi connectivity index (χ1n) is 5.37. The van der Waals surface area contributed by atoms with Crippen LogP contribution < -0.4 is 10.1 Å². The molecule has 2 nitrogen and oxygen atoms in total. The molecule has 1 N–H and O–H groups in total. The lowest BCUT2D eigenvalue weighted by atomic mass is 10.1. The smallest absolute Gasteiger partial charge is 0.143 e. The minimum atomic E-state index is 0.407. The molecule has 14 heavy (non-hydrogen) atoms. The molecule has 1 fully saturated rings. The van der Waals surface area contributed by atoms with Crippen LogP contribution in [0.4, 0.5) is 5.69 Å². The molecule has 1 aromatic carbocycles. The number of aryl methyl sites for hydroxylation is 1. The van der Waals surface area contributed by atoms with Crippen LogP contribution in [0, 0.1) is 6.92 Å². The largest absolute Gasteiger partial charge is 0.486 e. The van der Waals surface area contributed by atoms with Crippen LogP contribution in [0.15, 0.2) is 18.2 Å². The zero-order valence-corrected chi connectivity index (χ0v) is 8.42. The Morgan fingerprint density at radius 3 is 3.21 bits per heavy atom. The van der Waals surface area contributed by atoms with Crippen LogP contribution in [0.2, 0.25) is 0 Å². The number of hydrogen-bond donors (Lipinski definition) is 1. The maximum Gasteiger partial charge on any atom is 0.143 e. The minimum Gasteiger partial charge on any atom is -0.486 e. The summed E-state index contributed by atoms with van der Waals surface area (Å²) in [6.07, 6.45) is 4.14. The Morgan fingerprint density at radius 2 is 2.29 bits per heavy atom. The molecule has 1 saturated carbocycles. The van der Waals surface area contributed by atoms with Crippen LogP contribution in [0.25, 0.3) is 0 Å². The average Bonchev–Trinajstić information content (AvgIpc) is 2.61. The van der Waals surface area contributed by atoms with Crippen LogP contribution >= 0.6 is 0 Å². The maximum atomic E-state index is 5.97. The molecule has 0 spiro atoms. The van der Waals surface area contributed by atoms with Gasteiger partial charge in [0.15, 0.2) is 0 Å². The van der Waals surface area contributed by atoms with Crippen molar-refractivity contribution in [3.05, 3.63) is 23.8 Å². The lowest BCUT2D eigenvalue weighted by Crippen LogP contribution is -2.36. The van der Waals surface area contributed by atoms with Crippen molar-refractivity contribution >= 4 is 5.69 Å². The highest BCUT2D eigenvalue weighted by atomic mass is 16.5. The normalized spacial score (nSPS) is 28.6. The molecule has 0 aromatic heterocycles. The molecule has 1 aliphatic carbocycles. The maximum absolute atomic E-state index is 5.97. The van der Waals surface area contributed by atoms with Crippen molar-refractivity contribution in [2.75, 3.05) is 5.32 Å². The molecular weight excluding hydrogens is 174 g/mol. The van der Waals surface area contributed by atoms with E-state index in [-0.39, 0.29) is 0 Å². The fourth-order valence-corrected chi connectivity index (χ4v) is 2.44. The van der Waals surface area contributed by atoms with E-state index < -0.39 is 0 Å². The van der Waals surface area contributed by atoms with Crippen molar-refractivity contribution in [2.24, 2.45) is 0 Å². The van der Waals surface area contributed by atoms with Crippen molar-refractivity contribution in [2.45, 2.75) is 38.3 Å². The van der Waals surface area contributed by atoms with Gasteiger partial charge < -0.3 is 10.1 Å². The molecule has 1 aliphatic heterocycles. The zero-order chi connectivity index (χ0) is 9.54. The summed E-state index contributed by atoms with van der Waals surface area (Å²) in [5.74, 6) is 1.04. The van der Waals surface area contributed by atoms with E-state index in [0.717, 1.165) is 5.75 Å². The summed E-state index contributed by atoms with van der Waals surface area (Å²) in [6, 6.07) is 6.92. The summed E-state index contributed by atoms with van der Waals surface area (Å²) in [6.45, 7) is 2.10. The van der Waals surface area contributed by atoms with Gasteiger partial charge in [0, 0.05) is 0 Å². The lowest BCUT2D eigenvalue weighted by molar-refractivity contribution is 0.188. The van der Waals surface area contributed by atoms with Gasteiger partial charge >= 0.3 is 0 Å². The van der Waals surface area contributed by atoms with Crippen LogP contribution in [0.5, 0.6) is 5.75 Å². The van der Waals surface area contributed by atoms with Crippen molar-refractivity contribution in [3.8, 4) is 5.75 Å². The third-order valence-electron chi connectivity index (χ3n) is 3.21. The Morgan fingerprint density at radius 1 is 1.36 bits per heavy atom. The van der Waals surface area contributed by atoms with Gasteiger partial charge in [0.1, 0.15) is 11.9 Å². The average molecular weight is 189 g/mol. The number of rotatable bonds is 0. The molecule has 74 valence electrons. The Balaban J connectivity index is 1.97. The molecule has 3 rings (SSSR count). The monoisotopic (exact) mass is 189 g/mol. The summed E-state index contributed by atoms with van der Waals surface area (Å²) >= 11 is 0. The fraction of sp³-hybridized carbons (Fsp3) is 0.500. The van der Waals surface area contributed by atoms with Gasteiger partial charge in [0.2, 0.25) is 0 Å². The minimum absolute atomic E-state index is 0.407. The van der Waals surface area contributed by atoms with Gasteiger partial charge in [-0.1, -0.05) is 6.07 Å². The second-order valence-corrected chi connectivity index (χ2v) is 4.34. The van der Waals surface area contributed by atoms with Crippen molar-refractivity contribution in [1.82, 2.24) is 0 Å². The number of hydrogen-bond acceptors (Lipinski definition) is 2. The molecule has 2 atom stereocenters. The predicted octanol–water partition coefficient (Wildman–Crippen LogP) is 2.72. The first-order chi connectivity index (χ1) is 6.83. The molecule has 2 aliphatic rings. The highest BCUT2D eigenvalue weighted by molar-refractivity contribution is 5.60. The summed E-state index contributed by atoms with van der Waals surface area (Å²) in [5.41, 5.74) is 2.43. The molecule has 1 aromatic rings. The number of anilines is 1. The first kappa shape index (κ1) is 8.16. The number of nitrogens with one attached hydrogen (secondary N) is 1. The summed E-state index contributed by atoms with van der Waals surface area (Å²) in [5, 5.41) is 3.56. The highest BCUT2D eigenvalue weighted by Gasteiger charge is 2.33. The van der Waals surface area contributed by atoms with Gasteiger partial charge in [0.05, 0.1) is 11.7 Å². The Hall–Kier alpha value is -1.18. The Kier molecular flexibility index (Phi) is 1.69. The SMILES string of the molecule is Cc1ccc2c(c1)OC1CCCC1N2. The highest BCUT2D eigenvalue weighted by Crippen LogP contribution is 2.37. The predicted molar refractivity (Wildman–Crippen MR) is 56.9 cm³/mol. The fourth-order valence-electron chi connectivity index (χ4n) is 2.44. The molecule has 0 amide bonds. The molecule has 2 unspecified atom stereocenters. The molecule has 1 heterocycles. The standard InChI is InChI=1S/C12H15NO/c1-8-5-6-10-12(7-8)14-11-4-2-3-9(11)13-10/h5-7,9,11,13H,2-4H2,1H3.